The van der Waals surface area contributed by atoms with Crippen molar-refractivity contribution in [3.8, 4) is 0 Å². The van der Waals surface area contributed by atoms with Crippen LogP contribution in [0.15, 0.2) is 36.4 Å². The number of benzene rings is 2. The third kappa shape index (κ3) is 6.01. The van der Waals surface area contributed by atoms with Crippen LogP contribution in [0.1, 0.15) is 57.6 Å². The average molecular weight is 584 g/mol. The molecule has 2 amide bonds. The smallest absolute Gasteiger partial charge is 0.410 e. The summed E-state index contributed by atoms with van der Waals surface area (Å²) in [7, 11) is 0. The monoisotopic (exact) mass is 582 g/mol. The van der Waals surface area contributed by atoms with Crippen molar-refractivity contribution in [2.24, 2.45) is 5.73 Å². The van der Waals surface area contributed by atoms with Crippen LogP contribution < -0.4 is 16.4 Å². The van der Waals surface area contributed by atoms with E-state index >= 15 is 8.78 Å². The summed E-state index contributed by atoms with van der Waals surface area (Å²) < 4.78 is 36.1. The lowest BCUT2D eigenvalue weighted by Gasteiger charge is -2.37. The fourth-order valence-electron chi connectivity index (χ4n) is 5.54. The number of carbonyl (C=O) groups excluding carboxylic acids is 2. The maximum absolute atomic E-state index is 15.4. The molecular weight excluding hydrogens is 549 g/mol. The van der Waals surface area contributed by atoms with E-state index in [0.29, 0.717) is 25.9 Å². The predicted octanol–water partition coefficient (Wildman–Crippen LogP) is 5.09. The number of nitrogens with one attached hydrogen (secondary N) is 2. The summed E-state index contributed by atoms with van der Waals surface area (Å²) in [6, 6.07) is 6.79. The van der Waals surface area contributed by atoms with Crippen LogP contribution in [0.2, 0.25) is 10.0 Å². The van der Waals surface area contributed by atoms with Crippen LogP contribution in [0, 0.1) is 11.6 Å². The first-order valence-corrected chi connectivity index (χ1v) is 13.7. The number of hydrogen-bond donors (Lipinski definition) is 3. The summed E-state index contributed by atoms with van der Waals surface area (Å²) in [6.45, 7) is 7.98. The standard InChI is InChI=1S/C28H34Cl2F2N4O3/c1-15-28(33,19-9-8-16(29)14-21(19)31)22(18-6-5-7-20(30)23(18)32)24(34-15)25(37)35-17-10-12-36(13-11-17)26(38)39-27(2,3)4/h5-9,14-15,17,22,24,34H,10-13,33H2,1-4H3,(H,35,37)/t15-,22-,24+,28-/m0/s1. The maximum Gasteiger partial charge on any atom is 0.410 e. The first-order chi connectivity index (χ1) is 18.2. The largest absolute Gasteiger partial charge is 0.444 e. The van der Waals surface area contributed by atoms with Gasteiger partial charge in [-0.25, -0.2) is 13.6 Å². The molecule has 0 radical (unpaired) electrons. The van der Waals surface area contributed by atoms with Crippen LogP contribution in [-0.4, -0.2) is 53.7 Å². The van der Waals surface area contributed by atoms with Crippen LogP contribution in [0.4, 0.5) is 13.6 Å². The fraction of sp³-hybridized carbons (Fsp3) is 0.500. The molecule has 0 saturated carbocycles. The second-order valence-electron chi connectivity index (χ2n) is 11.3. The van der Waals surface area contributed by atoms with E-state index in [1.165, 1.54) is 24.3 Å². The topological polar surface area (TPSA) is 96.7 Å². The molecule has 0 aliphatic carbocycles. The number of nitrogens with two attached hydrogens (primary N) is 1. The van der Waals surface area contributed by atoms with Crippen molar-refractivity contribution in [3.63, 3.8) is 0 Å². The Morgan fingerprint density at radius 3 is 2.44 bits per heavy atom. The van der Waals surface area contributed by atoms with Gasteiger partial charge in [0.25, 0.3) is 0 Å². The molecule has 2 heterocycles. The summed E-state index contributed by atoms with van der Waals surface area (Å²) in [4.78, 5) is 27.7. The number of ether oxygens (including phenoxy) is 1. The summed E-state index contributed by atoms with van der Waals surface area (Å²) >= 11 is 12.1. The van der Waals surface area contributed by atoms with Crippen molar-refractivity contribution in [3.05, 3.63) is 69.2 Å². The molecule has 4 atom stereocenters. The average Bonchev–Trinajstić information content (AvgIpc) is 3.11. The first kappa shape index (κ1) is 29.5. The molecule has 0 bridgehead atoms. The van der Waals surface area contributed by atoms with Gasteiger partial charge in [0, 0.05) is 41.7 Å². The summed E-state index contributed by atoms with van der Waals surface area (Å²) in [5.74, 6) is -2.76. The molecule has 4 N–H and O–H groups in total. The lowest BCUT2D eigenvalue weighted by atomic mass is 9.71. The molecular formula is C28H34Cl2F2N4O3. The lowest BCUT2D eigenvalue weighted by Crippen LogP contribution is -2.53. The Morgan fingerprint density at radius 1 is 1.15 bits per heavy atom. The molecule has 0 unspecified atom stereocenters. The van der Waals surface area contributed by atoms with E-state index in [1.54, 1.807) is 38.7 Å². The summed E-state index contributed by atoms with van der Waals surface area (Å²) in [5.41, 5.74) is 5.04. The normalized spacial score (nSPS) is 26.0. The summed E-state index contributed by atoms with van der Waals surface area (Å²) in [5, 5.41) is 6.29. The van der Waals surface area contributed by atoms with Crippen molar-refractivity contribution < 1.29 is 23.1 Å². The SMILES string of the molecule is C[C@@H]1N[C@@H](C(=O)NC2CCN(C(=O)OC(C)(C)C)CC2)[C@H](c2cccc(Cl)c2F)[C@@]1(N)c1ccc(Cl)cc1F. The van der Waals surface area contributed by atoms with Crippen LogP contribution in [0.5, 0.6) is 0 Å². The van der Waals surface area contributed by atoms with E-state index in [9.17, 15) is 9.59 Å². The molecule has 39 heavy (non-hydrogen) atoms. The number of carbonyl (C=O) groups is 2. The molecule has 2 fully saturated rings. The Morgan fingerprint density at radius 2 is 1.82 bits per heavy atom. The van der Waals surface area contributed by atoms with Gasteiger partial charge < -0.3 is 26.0 Å². The van der Waals surface area contributed by atoms with Crippen LogP contribution in [-0.2, 0) is 15.1 Å². The number of piperidine rings is 1. The van der Waals surface area contributed by atoms with E-state index in [4.69, 9.17) is 33.7 Å². The zero-order chi connectivity index (χ0) is 28.7. The third-order valence-corrected chi connectivity index (χ3v) is 8.01. The van der Waals surface area contributed by atoms with Gasteiger partial charge in [0.15, 0.2) is 0 Å². The van der Waals surface area contributed by atoms with E-state index in [0.717, 1.165) is 6.07 Å². The van der Waals surface area contributed by atoms with Gasteiger partial charge in [-0.15, -0.1) is 0 Å². The Labute approximate surface area is 237 Å². The Hall–Kier alpha value is -2.46. The fourth-order valence-corrected chi connectivity index (χ4v) is 5.88. The minimum Gasteiger partial charge on any atom is -0.444 e. The van der Waals surface area contributed by atoms with Gasteiger partial charge in [-0.1, -0.05) is 41.4 Å². The molecule has 0 aromatic heterocycles. The molecule has 2 aromatic carbocycles. The predicted molar refractivity (Wildman–Crippen MR) is 147 cm³/mol. The molecule has 212 valence electrons. The van der Waals surface area contributed by atoms with Crippen molar-refractivity contribution >= 4 is 35.2 Å². The van der Waals surface area contributed by atoms with Gasteiger partial charge in [-0.3, -0.25) is 4.79 Å². The van der Waals surface area contributed by atoms with Crippen molar-refractivity contribution in [1.82, 2.24) is 15.5 Å². The van der Waals surface area contributed by atoms with Gasteiger partial charge in [-0.05, 0) is 64.3 Å². The number of nitrogens with zero attached hydrogens (tertiary/aromatic N) is 1. The highest BCUT2D eigenvalue weighted by atomic mass is 35.5. The highest BCUT2D eigenvalue weighted by Crippen LogP contribution is 2.47. The van der Waals surface area contributed by atoms with Gasteiger partial charge in [0.2, 0.25) is 5.91 Å². The Bertz CT molecular complexity index is 1250. The zero-order valence-corrected chi connectivity index (χ0v) is 23.9. The molecule has 2 aromatic rings. The van der Waals surface area contributed by atoms with Crippen molar-refractivity contribution in [2.75, 3.05) is 13.1 Å². The minimum atomic E-state index is -1.51. The number of halogens is 4. The minimum absolute atomic E-state index is 0.107. The van der Waals surface area contributed by atoms with E-state index in [-0.39, 0.29) is 27.2 Å². The molecule has 2 saturated heterocycles. The number of hydrogen-bond acceptors (Lipinski definition) is 5. The molecule has 0 spiro atoms. The van der Waals surface area contributed by atoms with Crippen molar-refractivity contribution in [2.45, 2.75) is 75.7 Å². The maximum atomic E-state index is 15.4. The molecule has 2 aliphatic rings. The van der Waals surface area contributed by atoms with Gasteiger partial charge >= 0.3 is 6.09 Å². The van der Waals surface area contributed by atoms with Crippen LogP contribution in [0.25, 0.3) is 0 Å². The van der Waals surface area contributed by atoms with Gasteiger partial charge in [-0.2, -0.15) is 0 Å². The Balaban J connectivity index is 1.60. The summed E-state index contributed by atoms with van der Waals surface area (Å²) in [6.07, 6.45) is 0.638. The quantitative estimate of drug-likeness (QED) is 0.467. The lowest BCUT2D eigenvalue weighted by molar-refractivity contribution is -0.124. The number of amides is 2. The molecule has 2 aliphatic heterocycles. The molecule has 11 heteroatoms. The number of rotatable bonds is 4. The van der Waals surface area contributed by atoms with Crippen molar-refractivity contribution in [1.29, 1.82) is 0 Å². The number of likely N-dealkylation sites (tertiary alicyclic amines) is 1. The second-order valence-corrected chi connectivity index (χ2v) is 12.1. The van der Waals surface area contributed by atoms with E-state index < -0.39 is 52.8 Å². The Kier molecular flexibility index (Phi) is 8.47. The van der Waals surface area contributed by atoms with Gasteiger partial charge in [0.1, 0.15) is 17.2 Å². The molecule has 4 rings (SSSR count). The first-order valence-electron chi connectivity index (χ1n) is 12.9. The second kappa shape index (κ2) is 11.2. The zero-order valence-electron chi connectivity index (χ0n) is 22.4. The van der Waals surface area contributed by atoms with Crippen LogP contribution >= 0.6 is 23.2 Å². The van der Waals surface area contributed by atoms with E-state index in [1.807, 2.05) is 0 Å². The highest BCUT2D eigenvalue weighted by molar-refractivity contribution is 6.31. The molecule has 7 nitrogen and oxygen atoms in total. The third-order valence-electron chi connectivity index (χ3n) is 7.48. The highest BCUT2D eigenvalue weighted by Gasteiger charge is 2.56. The van der Waals surface area contributed by atoms with Crippen LogP contribution in [0.3, 0.4) is 0 Å². The van der Waals surface area contributed by atoms with Gasteiger partial charge in [0.05, 0.1) is 16.6 Å². The van der Waals surface area contributed by atoms with E-state index in [2.05, 4.69) is 10.6 Å².